The largest absolute Gasteiger partial charge is 0.362 e. The van der Waals surface area contributed by atoms with E-state index in [1.807, 2.05) is 30.3 Å². The molecule has 1 saturated heterocycles. The van der Waals surface area contributed by atoms with Crippen LogP contribution in [0.15, 0.2) is 54.6 Å². The maximum atomic E-state index is 12.0. The Labute approximate surface area is 139 Å². The monoisotopic (exact) mass is 326 g/mol. The molecule has 1 aliphatic heterocycles. The lowest BCUT2D eigenvalue weighted by atomic mass is 10.1. The molecule has 0 bridgehead atoms. The Morgan fingerprint density at radius 2 is 1.83 bits per heavy atom. The van der Waals surface area contributed by atoms with Crippen LogP contribution in [0.2, 0.25) is 0 Å². The number of rotatable bonds is 5. The number of hydrogen-bond donors (Lipinski definition) is 0. The maximum absolute atomic E-state index is 12.0. The molecule has 1 aliphatic rings. The smallest absolute Gasteiger partial charge is 0.269 e. The van der Waals surface area contributed by atoms with Crippen LogP contribution in [0, 0.1) is 10.1 Å². The van der Waals surface area contributed by atoms with Crippen LogP contribution in [0.5, 0.6) is 0 Å². The first-order chi connectivity index (χ1) is 11.6. The molecule has 0 radical (unpaired) electrons. The SMILES string of the molecule is O=C1CO[C@@H](c2ccc([N+](=O)[O-])cc2)CN1CCc1ccccc1. The molecule has 0 unspecified atom stereocenters. The summed E-state index contributed by atoms with van der Waals surface area (Å²) in [6.07, 6.45) is 0.541. The highest BCUT2D eigenvalue weighted by Gasteiger charge is 2.27. The molecule has 1 amide bonds. The molecule has 0 saturated carbocycles. The van der Waals surface area contributed by atoms with E-state index in [4.69, 9.17) is 4.74 Å². The van der Waals surface area contributed by atoms with Crippen molar-refractivity contribution in [1.82, 2.24) is 4.90 Å². The van der Waals surface area contributed by atoms with Gasteiger partial charge >= 0.3 is 0 Å². The van der Waals surface area contributed by atoms with Gasteiger partial charge in [-0.25, -0.2) is 0 Å². The Kier molecular flexibility index (Phi) is 4.86. The molecule has 3 rings (SSSR count). The Hall–Kier alpha value is -2.73. The molecule has 1 atom stereocenters. The van der Waals surface area contributed by atoms with Gasteiger partial charge in [-0.3, -0.25) is 14.9 Å². The van der Waals surface area contributed by atoms with Crippen molar-refractivity contribution in [3.05, 3.63) is 75.8 Å². The highest BCUT2D eigenvalue weighted by molar-refractivity contribution is 5.78. The molecule has 0 spiro atoms. The summed E-state index contributed by atoms with van der Waals surface area (Å²) in [6.45, 7) is 1.13. The van der Waals surface area contributed by atoms with E-state index in [2.05, 4.69) is 0 Å². The van der Waals surface area contributed by atoms with E-state index in [-0.39, 0.29) is 24.3 Å². The van der Waals surface area contributed by atoms with Gasteiger partial charge in [-0.1, -0.05) is 30.3 Å². The van der Waals surface area contributed by atoms with Crippen LogP contribution in [0.3, 0.4) is 0 Å². The van der Waals surface area contributed by atoms with Crippen molar-refractivity contribution in [3.63, 3.8) is 0 Å². The van der Waals surface area contributed by atoms with E-state index >= 15 is 0 Å². The van der Waals surface area contributed by atoms with Gasteiger partial charge in [-0.15, -0.1) is 0 Å². The average molecular weight is 326 g/mol. The standard InChI is InChI=1S/C18H18N2O4/c21-18-13-24-17(15-6-8-16(9-7-15)20(22)23)12-19(18)11-10-14-4-2-1-3-5-14/h1-9,17H,10-13H2/t17-/m1/s1. The van der Waals surface area contributed by atoms with Gasteiger partial charge in [0.15, 0.2) is 0 Å². The Morgan fingerprint density at radius 3 is 2.50 bits per heavy atom. The molecule has 2 aromatic carbocycles. The quantitative estimate of drug-likeness (QED) is 0.625. The fourth-order valence-electron chi connectivity index (χ4n) is 2.75. The summed E-state index contributed by atoms with van der Waals surface area (Å²) >= 11 is 0. The van der Waals surface area contributed by atoms with Gasteiger partial charge in [0.1, 0.15) is 12.7 Å². The zero-order valence-corrected chi connectivity index (χ0v) is 13.1. The van der Waals surface area contributed by atoms with Gasteiger partial charge in [0, 0.05) is 18.7 Å². The summed E-state index contributed by atoms with van der Waals surface area (Å²) in [6, 6.07) is 16.3. The van der Waals surface area contributed by atoms with E-state index in [0.29, 0.717) is 13.1 Å². The third-order valence-electron chi connectivity index (χ3n) is 4.14. The van der Waals surface area contributed by atoms with Gasteiger partial charge in [0.25, 0.3) is 5.69 Å². The van der Waals surface area contributed by atoms with Gasteiger partial charge < -0.3 is 9.64 Å². The average Bonchev–Trinajstić information content (AvgIpc) is 2.62. The summed E-state index contributed by atoms with van der Waals surface area (Å²) in [7, 11) is 0. The van der Waals surface area contributed by atoms with E-state index in [1.54, 1.807) is 17.0 Å². The van der Waals surface area contributed by atoms with Crippen molar-refractivity contribution in [2.75, 3.05) is 19.7 Å². The number of ether oxygens (including phenoxy) is 1. The highest BCUT2D eigenvalue weighted by atomic mass is 16.6. The van der Waals surface area contributed by atoms with Crippen LogP contribution in [0.1, 0.15) is 17.2 Å². The third-order valence-corrected chi connectivity index (χ3v) is 4.14. The lowest BCUT2D eigenvalue weighted by molar-refractivity contribution is -0.384. The van der Waals surface area contributed by atoms with Gasteiger partial charge in [-0.2, -0.15) is 0 Å². The molecular weight excluding hydrogens is 308 g/mol. The zero-order valence-electron chi connectivity index (χ0n) is 13.1. The first-order valence-corrected chi connectivity index (χ1v) is 7.81. The van der Waals surface area contributed by atoms with Crippen molar-refractivity contribution >= 4 is 11.6 Å². The number of nitro benzene ring substituents is 1. The van der Waals surface area contributed by atoms with Crippen molar-refractivity contribution < 1.29 is 14.5 Å². The number of benzene rings is 2. The summed E-state index contributed by atoms with van der Waals surface area (Å²) in [5, 5.41) is 10.7. The van der Waals surface area contributed by atoms with Crippen molar-refractivity contribution in [1.29, 1.82) is 0 Å². The predicted molar refractivity (Wildman–Crippen MR) is 88.5 cm³/mol. The molecule has 124 valence electrons. The fourth-order valence-corrected chi connectivity index (χ4v) is 2.75. The lowest BCUT2D eigenvalue weighted by Crippen LogP contribution is -2.44. The Morgan fingerprint density at radius 1 is 1.12 bits per heavy atom. The summed E-state index contributed by atoms with van der Waals surface area (Å²) in [5.74, 6) is -0.0240. The molecule has 1 fully saturated rings. The van der Waals surface area contributed by atoms with Crippen molar-refractivity contribution in [3.8, 4) is 0 Å². The van der Waals surface area contributed by atoms with E-state index < -0.39 is 4.92 Å². The Bertz CT molecular complexity index is 716. The first-order valence-electron chi connectivity index (χ1n) is 7.81. The molecule has 6 heteroatoms. The number of non-ortho nitro benzene ring substituents is 1. The second kappa shape index (κ2) is 7.23. The van der Waals surface area contributed by atoms with Crippen LogP contribution in [0.4, 0.5) is 5.69 Å². The van der Waals surface area contributed by atoms with E-state index in [9.17, 15) is 14.9 Å². The number of carbonyl (C=O) groups excluding carboxylic acids is 1. The van der Waals surface area contributed by atoms with Gasteiger partial charge in [-0.05, 0) is 29.7 Å². The summed E-state index contributed by atoms with van der Waals surface area (Å²) < 4.78 is 5.60. The first kappa shape index (κ1) is 16.1. The Balaban J connectivity index is 1.64. The van der Waals surface area contributed by atoms with Crippen molar-refractivity contribution in [2.24, 2.45) is 0 Å². The minimum atomic E-state index is -0.429. The van der Waals surface area contributed by atoms with Gasteiger partial charge in [0.2, 0.25) is 5.91 Å². The number of morpholine rings is 1. The van der Waals surface area contributed by atoms with Crippen molar-refractivity contribution in [2.45, 2.75) is 12.5 Å². The summed E-state index contributed by atoms with van der Waals surface area (Å²) in [4.78, 5) is 24.1. The minimum absolute atomic E-state index is 0.0240. The predicted octanol–water partition coefficient (Wildman–Crippen LogP) is 2.74. The van der Waals surface area contributed by atoms with E-state index in [1.165, 1.54) is 17.7 Å². The topological polar surface area (TPSA) is 72.7 Å². The molecule has 0 aliphatic carbocycles. The van der Waals surface area contributed by atoms with Gasteiger partial charge in [0.05, 0.1) is 11.5 Å². The molecule has 0 N–H and O–H groups in total. The maximum Gasteiger partial charge on any atom is 0.269 e. The molecule has 2 aromatic rings. The molecular formula is C18H18N2O4. The zero-order chi connectivity index (χ0) is 16.9. The van der Waals surface area contributed by atoms with Crippen LogP contribution in [-0.4, -0.2) is 35.4 Å². The van der Waals surface area contributed by atoms with Crippen LogP contribution in [-0.2, 0) is 16.0 Å². The van der Waals surface area contributed by atoms with Crippen LogP contribution < -0.4 is 0 Å². The van der Waals surface area contributed by atoms with E-state index in [0.717, 1.165) is 12.0 Å². The molecule has 1 heterocycles. The normalized spacial score (nSPS) is 17.8. The second-order valence-electron chi connectivity index (χ2n) is 5.72. The molecule has 0 aromatic heterocycles. The number of nitrogens with zero attached hydrogens (tertiary/aromatic N) is 2. The number of nitro groups is 1. The minimum Gasteiger partial charge on any atom is -0.362 e. The molecule has 24 heavy (non-hydrogen) atoms. The van der Waals surface area contributed by atoms with Crippen LogP contribution in [0.25, 0.3) is 0 Å². The number of amides is 1. The summed E-state index contributed by atoms with van der Waals surface area (Å²) in [5.41, 5.74) is 2.08. The highest BCUT2D eigenvalue weighted by Crippen LogP contribution is 2.24. The molecule has 6 nitrogen and oxygen atoms in total. The second-order valence-corrected chi connectivity index (χ2v) is 5.72. The lowest BCUT2D eigenvalue weighted by Gasteiger charge is -2.33. The third kappa shape index (κ3) is 3.78. The number of hydrogen-bond acceptors (Lipinski definition) is 4. The number of carbonyl (C=O) groups is 1. The van der Waals surface area contributed by atoms with Crippen LogP contribution >= 0.6 is 0 Å². The fraction of sp³-hybridized carbons (Fsp3) is 0.278.